The fourth-order valence-corrected chi connectivity index (χ4v) is 0.393. The van der Waals surface area contributed by atoms with Crippen molar-refractivity contribution in [2.24, 2.45) is 0 Å². The van der Waals surface area contributed by atoms with Crippen LogP contribution in [0.2, 0.25) is 0 Å². The first-order chi connectivity index (χ1) is 2.50. The third-order valence-electron chi connectivity index (χ3n) is 0.655. The molecule has 31 valence electrons. The first-order valence-electron chi connectivity index (χ1n) is 1.82. The summed E-state index contributed by atoms with van der Waals surface area (Å²) in [7, 11) is 0. The van der Waals surface area contributed by atoms with Crippen LogP contribution in [-0.4, -0.2) is 0 Å². The van der Waals surface area contributed by atoms with Crippen LogP contribution in [0.1, 0.15) is 6.42 Å². The van der Waals surface area contributed by atoms with Crippen LogP contribution < -0.4 is 0 Å². The van der Waals surface area contributed by atoms with Crippen LogP contribution >= 0.6 is 0 Å². The summed E-state index contributed by atoms with van der Waals surface area (Å²) in [6.07, 6.45) is 9.50. The summed E-state index contributed by atoms with van der Waals surface area (Å²) < 4.78 is 0. The molecule has 0 unspecified atom stereocenters. The maximum Gasteiger partial charge on any atom is 0 e. The normalized spacial score (nSPS) is 14.7. The van der Waals surface area contributed by atoms with Gasteiger partial charge in [0.25, 0.3) is 0 Å². The van der Waals surface area contributed by atoms with Crippen LogP contribution in [-0.2, 0) is 0 Å². The van der Waals surface area contributed by atoms with Gasteiger partial charge in [0.15, 0.2) is 0 Å². The van der Waals surface area contributed by atoms with E-state index in [4.69, 9.17) is 0 Å². The Morgan fingerprint density at radius 3 is 1.67 bits per heavy atom. The van der Waals surface area contributed by atoms with E-state index in [0.717, 1.165) is 6.42 Å². The van der Waals surface area contributed by atoms with Crippen LogP contribution in [0.3, 0.4) is 0 Å². The Balaban J connectivity index is 0.000000250. The van der Waals surface area contributed by atoms with E-state index in [0.29, 0.717) is 0 Å². The van der Waals surface area contributed by atoms with Gasteiger partial charge in [0.1, 0.15) is 0 Å². The van der Waals surface area contributed by atoms with Crippen LogP contribution in [0.15, 0.2) is 24.3 Å². The van der Waals surface area contributed by atoms with Crippen molar-refractivity contribution in [2.45, 2.75) is 6.42 Å². The zero-order valence-corrected chi connectivity index (χ0v) is 6.33. The van der Waals surface area contributed by atoms with Crippen molar-refractivity contribution in [1.29, 1.82) is 0 Å². The van der Waals surface area contributed by atoms with Gasteiger partial charge in [-0.05, 0) is 6.42 Å². The molecule has 0 saturated heterocycles. The predicted octanol–water partition coefficient (Wildman–Crippen LogP) is 1.50. The fourth-order valence-electron chi connectivity index (χ4n) is 0.393. The molecule has 0 atom stereocenters. The standard InChI is InChI=1S/C5H6.Pm/c1-2-4-5-3-1;/h1-4H,5H2;. The van der Waals surface area contributed by atoms with Crippen molar-refractivity contribution in [1.82, 2.24) is 0 Å². The third kappa shape index (κ3) is 2.07. The van der Waals surface area contributed by atoms with Gasteiger partial charge >= 0.3 is 0 Å². The minimum Gasteiger partial charge on any atom is -0.0808 e. The van der Waals surface area contributed by atoms with Gasteiger partial charge in [0.2, 0.25) is 0 Å². The topological polar surface area (TPSA) is 0 Å². The molecular formula is C5H6Pm. The number of rotatable bonds is 0. The molecule has 1 aliphatic rings. The third-order valence-corrected chi connectivity index (χ3v) is 0.655. The second-order valence-corrected chi connectivity index (χ2v) is 1.09. The summed E-state index contributed by atoms with van der Waals surface area (Å²) in [5.41, 5.74) is 0. The second-order valence-electron chi connectivity index (χ2n) is 1.09. The molecule has 1 rings (SSSR count). The first-order valence-corrected chi connectivity index (χ1v) is 1.82. The van der Waals surface area contributed by atoms with Crippen LogP contribution in [0, 0.1) is 40.4 Å². The molecule has 0 aromatic rings. The minimum absolute atomic E-state index is 0. The van der Waals surface area contributed by atoms with Crippen LogP contribution in [0.4, 0.5) is 0 Å². The Hall–Kier alpha value is 0.818. The average Bonchev–Trinajstić information content (AvgIpc) is 1.76. The number of hydrogen-bond acceptors (Lipinski definition) is 0. The van der Waals surface area contributed by atoms with Crippen LogP contribution in [0.25, 0.3) is 0 Å². The zero-order chi connectivity index (χ0) is 3.54. The van der Waals surface area contributed by atoms with Gasteiger partial charge in [-0.25, -0.2) is 0 Å². The maximum absolute atomic E-state index is 2.12. The van der Waals surface area contributed by atoms with Crippen molar-refractivity contribution in [3.8, 4) is 0 Å². The molecule has 0 amide bonds. The molecule has 0 bridgehead atoms. The van der Waals surface area contributed by atoms with E-state index in [1.165, 1.54) is 0 Å². The van der Waals surface area contributed by atoms with Gasteiger partial charge in [-0.15, -0.1) is 0 Å². The van der Waals surface area contributed by atoms with Gasteiger partial charge in [-0.2, -0.15) is 0 Å². The fraction of sp³-hybridized carbons (Fsp3) is 0.200. The second kappa shape index (κ2) is 3.99. The Kier molecular flexibility index (Phi) is 4.53. The molecule has 0 nitrogen and oxygen atoms in total. The van der Waals surface area contributed by atoms with E-state index in [2.05, 4.69) is 24.3 Å². The molecule has 0 saturated carbocycles. The van der Waals surface area contributed by atoms with E-state index >= 15 is 0 Å². The molecule has 1 radical (unpaired) electrons. The summed E-state index contributed by atoms with van der Waals surface area (Å²) in [6, 6.07) is 0. The maximum atomic E-state index is 2.12. The molecular weight excluding hydrogens is 205 g/mol. The molecule has 0 fully saturated rings. The summed E-state index contributed by atoms with van der Waals surface area (Å²) in [5.74, 6) is 0. The SMILES string of the molecule is C1=CCC=C1.[Pm]. The molecule has 1 aliphatic carbocycles. The van der Waals surface area contributed by atoms with Gasteiger partial charge in [0.05, 0.1) is 0 Å². The zero-order valence-electron chi connectivity index (χ0n) is 3.46. The Bertz CT molecular complexity index is 62.0. The summed E-state index contributed by atoms with van der Waals surface area (Å²) in [5, 5.41) is 0. The Labute approximate surface area is 70.4 Å². The van der Waals surface area contributed by atoms with E-state index in [-0.39, 0.29) is 40.4 Å². The Morgan fingerprint density at radius 2 is 1.50 bits per heavy atom. The quantitative estimate of drug-likeness (QED) is 0.569. The summed E-state index contributed by atoms with van der Waals surface area (Å²) >= 11 is 0. The monoisotopic (exact) mass is 211 g/mol. The predicted molar refractivity (Wildman–Crippen MR) is 22.9 cm³/mol. The minimum atomic E-state index is 0. The molecule has 0 aromatic heterocycles. The Morgan fingerprint density at radius 1 is 1.00 bits per heavy atom. The van der Waals surface area contributed by atoms with E-state index in [9.17, 15) is 0 Å². The molecule has 0 N–H and O–H groups in total. The van der Waals surface area contributed by atoms with Crippen molar-refractivity contribution < 1.29 is 40.4 Å². The van der Waals surface area contributed by atoms with E-state index in [1.54, 1.807) is 0 Å². The molecule has 0 aromatic carbocycles. The van der Waals surface area contributed by atoms with Gasteiger partial charge in [-0.1, -0.05) is 24.3 Å². The molecule has 0 heterocycles. The molecule has 1 heteroatoms. The van der Waals surface area contributed by atoms with Gasteiger partial charge in [0, 0.05) is 40.4 Å². The smallest absolute Gasteiger partial charge is 0 e. The van der Waals surface area contributed by atoms with E-state index in [1.807, 2.05) is 0 Å². The van der Waals surface area contributed by atoms with Gasteiger partial charge < -0.3 is 0 Å². The van der Waals surface area contributed by atoms with Crippen molar-refractivity contribution in [3.05, 3.63) is 24.3 Å². The van der Waals surface area contributed by atoms with Crippen molar-refractivity contribution >= 4 is 0 Å². The first kappa shape index (κ1) is 6.82. The summed E-state index contributed by atoms with van der Waals surface area (Å²) in [4.78, 5) is 0. The van der Waals surface area contributed by atoms with Crippen molar-refractivity contribution in [3.63, 3.8) is 0 Å². The molecule has 6 heavy (non-hydrogen) atoms. The number of allylic oxidation sites excluding steroid dienone is 4. The summed E-state index contributed by atoms with van der Waals surface area (Å²) in [6.45, 7) is 0. The largest absolute Gasteiger partial charge is 0.0808 e. The van der Waals surface area contributed by atoms with E-state index < -0.39 is 0 Å². The van der Waals surface area contributed by atoms with Crippen molar-refractivity contribution in [2.75, 3.05) is 0 Å². The molecule has 0 spiro atoms. The average molecular weight is 211 g/mol. The number of hydrogen-bond donors (Lipinski definition) is 0. The van der Waals surface area contributed by atoms with Gasteiger partial charge in [-0.3, -0.25) is 0 Å². The molecule has 0 aliphatic heterocycles. The van der Waals surface area contributed by atoms with Crippen LogP contribution in [0.5, 0.6) is 0 Å².